The van der Waals surface area contributed by atoms with Crippen molar-refractivity contribution < 1.29 is 17.5 Å². The molecule has 22 heavy (non-hydrogen) atoms. The highest BCUT2D eigenvalue weighted by Crippen LogP contribution is 2.30. The number of likely N-dealkylation sites (N-methyl/N-ethyl adjacent to an activating group) is 1. The molecule has 1 aromatic rings. The monoisotopic (exact) mass is 348 g/mol. The average Bonchev–Trinajstić information content (AvgIpc) is 2.49. The highest BCUT2D eigenvalue weighted by atomic mass is 35.5. The van der Waals surface area contributed by atoms with Crippen molar-refractivity contribution in [3.05, 3.63) is 29.0 Å². The van der Waals surface area contributed by atoms with Crippen LogP contribution in [0, 0.1) is 5.82 Å². The molecule has 2 aliphatic heterocycles. The summed E-state index contributed by atoms with van der Waals surface area (Å²) >= 11 is 5.73. The van der Waals surface area contributed by atoms with E-state index in [2.05, 4.69) is 4.90 Å². The normalized spacial score (nSPS) is 27.6. The summed E-state index contributed by atoms with van der Waals surface area (Å²) in [6.45, 7) is 1.99. The molecule has 8 heteroatoms. The number of piperidine rings is 1. The third-order valence-corrected chi connectivity index (χ3v) is 6.47. The number of halogens is 2. The van der Waals surface area contributed by atoms with Crippen molar-refractivity contribution in [1.82, 2.24) is 9.21 Å². The van der Waals surface area contributed by atoms with E-state index in [1.807, 2.05) is 7.05 Å². The fraction of sp³-hybridized carbons (Fsp3) is 0.571. The Morgan fingerprint density at radius 3 is 2.91 bits per heavy atom. The van der Waals surface area contributed by atoms with Gasteiger partial charge < -0.3 is 9.64 Å². The largest absolute Gasteiger partial charge is 0.375 e. The molecule has 2 saturated heterocycles. The van der Waals surface area contributed by atoms with Crippen LogP contribution in [-0.2, 0) is 14.8 Å². The van der Waals surface area contributed by atoms with E-state index in [9.17, 15) is 12.8 Å². The molecule has 2 fully saturated rings. The van der Waals surface area contributed by atoms with Gasteiger partial charge >= 0.3 is 0 Å². The van der Waals surface area contributed by atoms with Gasteiger partial charge in [-0.2, -0.15) is 4.31 Å². The van der Waals surface area contributed by atoms with Crippen molar-refractivity contribution in [2.45, 2.75) is 23.5 Å². The van der Waals surface area contributed by atoms with Crippen LogP contribution in [0.15, 0.2) is 23.1 Å². The molecule has 3 rings (SSSR count). The van der Waals surface area contributed by atoms with E-state index in [0.29, 0.717) is 13.2 Å². The molecule has 5 nitrogen and oxygen atoms in total. The van der Waals surface area contributed by atoms with Gasteiger partial charge in [0.1, 0.15) is 4.90 Å². The summed E-state index contributed by atoms with van der Waals surface area (Å²) in [5.41, 5.74) is 0. The molecule has 0 bridgehead atoms. The van der Waals surface area contributed by atoms with Crippen LogP contribution in [0.4, 0.5) is 4.39 Å². The third kappa shape index (κ3) is 2.76. The van der Waals surface area contributed by atoms with Crippen LogP contribution < -0.4 is 0 Å². The Labute approximate surface area is 134 Å². The first kappa shape index (κ1) is 16.1. The van der Waals surface area contributed by atoms with Gasteiger partial charge in [0.25, 0.3) is 0 Å². The topological polar surface area (TPSA) is 49.9 Å². The van der Waals surface area contributed by atoms with Crippen LogP contribution >= 0.6 is 11.6 Å². The zero-order chi connectivity index (χ0) is 15.9. The zero-order valence-corrected chi connectivity index (χ0v) is 13.8. The number of morpholine rings is 1. The Bertz CT molecular complexity index is 670. The van der Waals surface area contributed by atoms with E-state index in [0.717, 1.165) is 13.0 Å². The van der Waals surface area contributed by atoms with Crippen LogP contribution in [0.5, 0.6) is 0 Å². The van der Waals surface area contributed by atoms with Crippen LogP contribution in [0.3, 0.4) is 0 Å². The van der Waals surface area contributed by atoms with Gasteiger partial charge in [-0.3, -0.25) is 0 Å². The number of ether oxygens (including phenoxy) is 1. The van der Waals surface area contributed by atoms with E-state index >= 15 is 0 Å². The lowest BCUT2D eigenvalue weighted by molar-refractivity contribution is -0.0720. The molecule has 2 aliphatic rings. The molecule has 0 aliphatic carbocycles. The van der Waals surface area contributed by atoms with Crippen LogP contribution in [0.25, 0.3) is 0 Å². The quantitative estimate of drug-likeness (QED) is 0.814. The van der Waals surface area contributed by atoms with Gasteiger partial charge in [-0.15, -0.1) is 0 Å². The number of benzene rings is 1. The Hall–Kier alpha value is -0.730. The lowest BCUT2D eigenvalue weighted by atomic mass is 10.0. The summed E-state index contributed by atoms with van der Waals surface area (Å²) in [4.78, 5) is 1.70. The molecule has 0 N–H and O–H groups in total. The second-order valence-corrected chi connectivity index (χ2v) is 7.96. The highest BCUT2D eigenvalue weighted by molar-refractivity contribution is 7.89. The molecule has 2 atom stereocenters. The van der Waals surface area contributed by atoms with Gasteiger partial charge in [0, 0.05) is 19.6 Å². The minimum atomic E-state index is -3.94. The number of rotatable bonds is 2. The maximum absolute atomic E-state index is 14.2. The van der Waals surface area contributed by atoms with Crippen molar-refractivity contribution in [2.24, 2.45) is 0 Å². The smallest absolute Gasteiger partial charge is 0.246 e. The van der Waals surface area contributed by atoms with E-state index in [1.54, 1.807) is 0 Å². The van der Waals surface area contributed by atoms with Crippen molar-refractivity contribution in [3.8, 4) is 0 Å². The summed E-state index contributed by atoms with van der Waals surface area (Å²) in [5.74, 6) is -0.892. The number of sulfonamides is 1. The van der Waals surface area contributed by atoms with E-state index in [1.165, 1.54) is 22.5 Å². The van der Waals surface area contributed by atoms with Crippen molar-refractivity contribution >= 4 is 21.6 Å². The highest BCUT2D eigenvalue weighted by Gasteiger charge is 2.43. The van der Waals surface area contributed by atoms with E-state index < -0.39 is 15.8 Å². The summed E-state index contributed by atoms with van der Waals surface area (Å²) < 4.78 is 47.0. The zero-order valence-electron chi connectivity index (χ0n) is 12.2. The summed E-state index contributed by atoms with van der Waals surface area (Å²) in [6, 6.07) is 3.75. The number of hydrogen-bond donors (Lipinski definition) is 0. The molecule has 0 saturated carbocycles. The van der Waals surface area contributed by atoms with Gasteiger partial charge in [0.05, 0.1) is 23.8 Å². The molecule has 0 aromatic heterocycles. The average molecular weight is 349 g/mol. The number of hydrogen-bond acceptors (Lipinski definition) is 4. The fourth-order valence-corrected chi connectivity index (χ4v) is 5.05. The first-order chi connectivity index (χ1) is 10.4. The predicted octanol–water partition coefficient (Wildman–Crippen LogP) is 1.57. The van der Waals surface area contributed by atoms with Gasteiger partial charge in [0.15, 0.2) is 5.82 Å². The third-order valence-electron chi connectivity index (χ3n) is 4.24. The number of fused-ring (bicyclic) bond motifs is 1. The molecule has 0 unspecified atom stereocenters. The standard InChI is InChI=1S/C14H18ClFN2O3S/c1-17-6-5-12-11(9-17)18(7-8-21-12)22(19,20)13-4-2-3-10(15)14(13)16/h2-4,11-12H,5-9H2,1H3/t11-,12-/m1/s1. The molecule has 2 heterocycles. The second kappa shape index (κ2) is 6.05. The van der Waals surface area contributed by atoms with Gasteiger partial charge in [-0.05, 0) is 25.6 Å². The second-order valence-electron chi connectivity index (χ2n) is 5.70. The van der Waals surface area contributed by atoms with Gasteiger partial charge in [-0.1, -0.05) is 17.7 Å². The molecular weight excluding hydrogens is 331 g/mol. The lowest BCUT2D eigenvalue weighted by Gasteiger charge is -2.45. The molecule has 122 valence electrons. The first-order valence-corrected chi connectivity index (χ1v) is 8.99. The van der Waals surface area contributed by atoms with Crippen molar-refractivity contribution in [1.29, 1.82) is 0 Å². The Balaban J connectivity index is 1.98. The molecule has 1 aromatic carbocycles. The minimum absolute atomic E-state index is 0.137. The maximum Gasteiger partial charge on any atom is 0.246 e. The van der Waals surface area contributed by atoms with Crippen LogP contribution in [0.2, 0.25) is 5.02 Å². The van der Waals surface area contributed by atoms with Crippen LogP contribution in [0.1, 0.15) is 6.42 Å². The van der Waals surface area contributed by atoms with Crippen LogP contribution in [-0.4, -0.2) is 63.1 Å². The lowest BCUT2D eigenvalue weighted by Crippen LogP contribution is -2.60. The number of nitrogens with zero attached hydrogens (tertiary/aromatic N) is 2. The fourth-order valence-electron chi connectivity index (χ4n) is 3.11. The van der Waals surface area contributed by atoms with Crippen molar-refractivity contribution in [3.63, 3.8) is 0 Å². The molecule has 0 spiro atoms. The summed E-state index contributed by atoms with van der Waals surface area (Å²) in [5, 5.41) is -0.188. The van der Waals surface area contributed by atoms with E-state index in [-0.39, 0.29) is 28.6 Å². The van der Waals surface area contributed by atoms with E-state index in [4.69, 9.17) is 16.3 Å². The van der Waals surface area contributed by atoms with Gasteiger partial charge in [-0.25, -0.2) is 12.8 Å². The molecule has 0 amide bonds. The maximum atomic E-state index is 14.2. The number of likely N-dealkylation sites (tertiary alicyclic amines) is 1. The summed E-state index contributed by atoms with van der Waals surface area (Å²) in [7, 11) is -2.00. The first-order valence-electron chi connectivity index (χ1n) is 7.17. The molecular formula is C14H18ClFN2O3S. The SMILES string of the molecule is CN1CC[C@H]2OCCN(S(=O)(=O)c3cccc(Cl)c3F)[C@@H]2C1. The Morgan fingerprint density at radius 2 is 2.14 bits per heavy atom. The Morgan fingerprint density at radius 1 is 1.36 bits per heavy atom. The summed E-state index contributed by atoms with van der Waals surface area (Å²) in [6.07, 6.45) is 0.632. The Kier molecular flexibility index (Phi) is 4.44. The molecule has 0 radical (unpaired) electrons. The predicted molar refractivity (Wildman–Crippen MR) is 80.9 cm³/mol. The van der Waals surface area contributed by atoms with Crippen molar-refractivity contribution in [2.75, 3.05) is 33.3 Å². The minimum Gasteiger partial charge on any atom is -0.375 e. The van der Waals surface area contributed by atoms with Gasteiger partial charge in [0.2, 0.25) is 10.0 Å².